The van der Waals surface area contributed by atoms with Gasteiger partial charge < -0.3 is 4.74 Å². The summed E-state index contributed by atoms with van der Waals surface area (Å²) in [6.45, 7) is 6.33. The van der Waals surface area contributed by atoms with Crippen molar-refractivity contribution < 1.29 is 9.53 Å². The molecule has 0 N–H and O–H groups in total. The van der Waals surface area contributed by atoms with Crippen LogP contribution < -0.4 is 0 Å². The van der Waals surface area contributed by atoms with Gasteiger partial charge in [-0.25, -0.2) is 4.79 Å². The first kappa shape index (κ1) is 10.6. The first-order valence-corrected chi connectivity index (χ1v) is 5.88. The van der Waals surface area contributed by atoms with E-state index in [2.05, 4.69) is 18.1 Å². The molecule has 0 aromatic carbocycles. The van der Waals surface area contributed by atoms with Crippen LogP contribution in [0.3, 0.4) is 0 Å². The molecule has 0 aliphatic carbocycles. The van der Waals surface area contributed by atoms with Gasteiger partial charge in [-0.05, 0) is 26.4 Å². The third-order valence-corrected chi connectivity index (χ3v) is 2.26. The van der Waals surface area contributed by atoms with Gasteiger partial charge in [0.25, 0.3) is 0 Å². The molecule has 0 rings (SSSR count). The highest BCUT2D eigenvalue weighted by Crippen LogP contribution is 2.26. The summed E-state index contributed by atoms with van der Waals surface area (Å²) >= 11 is 0. The molecule has 0 radical (unpaired) electrons. The molecular weight excluding hydrogens is 159 g/mol. The van der Waals surface area contributed by atoms with Gasteiger partial charge in [-0.15, -0.1) is 7.92 Å². The highest BCUT2D eigenvalue weighted by molar-refractivity contribution is 7.56. The quantitative estimate of drug-likeness (QED) is 0.371. The Morgan fingerprint density at radius 3 is 2.45 bits per heavy atom. The molecule has 0 bridgehead atoms. The molecule has 0 amide bonds. The Kier molecular flexibility index (Phi) is 5.14. The van der Waals surface area contributed by atoms with E-state index in [1.807, 2.05) is 6.92 Å². The van der Waals surface area contributed by atoms with Crippen LogP contribution >= 0.6 is 7.92 Å². The van der Waals surface area contributed by atoms with E-state index in [4.69, 9.17) is 0 Å². The summed E-state index contributed by atoms with van der Waals surface area (Å²) in [4.78, 5) is 10.7. The maximum atomic E-state index is 10.7. The average Bonchev–Trinajstić information content (AvgIpc) is 1.85. The zero-order valence-corrected chi connectivity index (χ0v) is 8.44. The second kappa shape index (κ2) is 5.31. The fraction of sp³-hybridized carbons (Fsp3) is 0.625. The van der Waals surface area contributed by atoms with Gasteiger partial charge >= 0.3 is 5.97 Å². The van der Waals surface area contributed by atoms with E-state index in [0.29, 0.717) is 0 Å². The van der Waals surface area contributed by atoms with Gasteiger partial charge in [-0.1, -0.05) is 5.57 Å². The third-order valence-electron chi connectivity index (χ3n) is 1.13. The Morgan fingerprint density at radius 2 is 2.09 bits per heavy atom. The fourth-order valence-corrected chi connectivity index (χ4v) is 1.89. The number of methoxy groups -OCH3 is 1. The van der Waals surface area contributed by atoms with Crippen LogP contribution in [0.15, 0.2) is 11.6 Å². The van der Waals surface area contributed by atoms with Gasteiger partial charge in [0.05, 0.1) is 7.11 Å². The molecule has 0 aliphatic rings. The topological polar surface area (TPSA) is 26.3 Å². The number of carbonyl (C=O) groups is 1. The maximum absolute atomic E-state index is 10.7. The minimum atomic E-state index is -0.251. The van der Waals surface area contributed by atoms with Crippen LogP contribution in [-0.2, 0) is 9.53 Å². The summed E-state index contributed by atoms with van der Waals surface area (Å²) in [6.07, 6.45) is 2.58. The molecule has 0 aromatic rings. The Labute approximate surface area is 69.4 Å². The Balaban J connectivity index is 3.90. The first-order valence-electron chi connectivity index (χ1n) is 3.46. The molecule has 0 aromatic heterocycles. The van der Waals surface area contributed by atoms with Crippen LogP contribution in [0, 0.1) is 0 Å². The number of ether oxygens (including phenoxy) is 1. The number of esters is 1. The van der Waals surface area contributed by atoms with Crippen LogP contribution in [0.4, 0.5) is 0 Å². The van der Waals surface area contributed by atoms with Crippen LogP contribution in [0.5, 0.6) is 0 Å². The van der Waals surface area contributed by atoms with Gasteiger partial charge in [0.2, 0.25) is 0 Å². The number of hydrogen-bond acceptors (Lipinski definition) is 2. The molecule has 64 valence electrons. The smallest absolute Gasteiger partial charge is 0.330 e. The number of hydrogen-bond donors (Lipinski definition) is 0. The molecule has 2 nitrogen and oxygen atoms in total. The lowest BCUT2D eigenvalue weighted by atomic mass is 10.3. The van der Waals surface area contributed by atoms with E-state index in [1.54, 1.807) is 6.08 Å². The normalized spacial score (nSPS) is 11.9. The lowest BCUT2D eigenvalue weighted by Gasteiger charge is -2.04. The van der Waals surface area contributed by atoms with Crippen molar-refractivity contribution >= 4 is 13.9 Å². The van der Waals surface area contributed by atoms with Crippen molar-refractivity contribution in [3.63, 3.8) is 0 Å². The lowest BCUT2D eigenvalue weighted by molar-refractivity contribution is -0.134. The van der Waals surface area contributed by atoms with E-state index >= 15 is 0 Å². The Bertz CT molecular complexity index is 161. The Hall–Kier alpha value is -0.360. The van der Waals surface area contributed by atoms with E-state index in [1.165, 1.54) is 7.11 Å². The third kappa shape index (κ3) is 6.05. The predicted octanol–water partition coefficient (Wildman–Crippen LogP) is 1.85. The standard InChI is InChI=1S/C8H15O2P/c1-7(6-11(3)4)5-8(9)10-2/h5H,6H2,1-4H3/b7-5+. The minimum absolute atomic E-state index is 0.0484. The van der Waals surface area contributed by atoms with Gasteiger partial charge in [-0.2, -0.15) is 0 Å². The van der Waals surface area contributed by atoms with E-state index in [0.717, 1.165) is 11.7 Å². The van der Waals surface area contributed by atoms with Crippen molar-refractivity contribution in [1.29, 1.82) is 0 Å². The van der Waals surface area contributed by atoms with Crippen molar-refractivity contribution in [3.05, 3.63) is 11.6 Å². The molecule has 0 spiro atoms. The average molecular weight is 174 g/mol. The van der Waals surface area contributed by atoms with Gasteiger partial charge in [0.15, 0.2) is 0 Å². The van der Waals surface area contributed by atoms with E-state index in [-0.39, 0.29) is 13.9 Å². The van der Waals surface area contributed by atoms with Gasteiger partial charge in [-0.3, -0.25) is 0 Å². The zero-order chi connectivity index (χ0) is 8.85. The minimum Gasteiger partial charge on any atom is -0.466 e. The largest absolute Gasteiger partial charge is 0.466 e. The second-order valence-corrected chi connectivity index (χ2v) is 5.23. The first-order chi connectivity index (χ1) is 5.06. The molecular formula is C8H15O2P. The fourth-order valence-electron chi connectivity index (χ4n) is 0.805. The monoisotopic (exact) mass is 174 g/mol. The second-order valence-electron chi connectivity index (χ2n) is 2.75. The molecule has 0 heterocycles. The van der Waals surface area contributed by atoms with Crippen LogP contribution in [0.1, 0.15) is 6.92 Å². The Morgan fingerprint density at radius 1 is 1.55 bits per heavy atom. The lowest BCUT2D eigenvalue weighted by Crippen LogP contribution is -1.97. The van der Waals surface area contributed by atoms with Crippen molar-refractivity contribution in [1.82, 2.24) is 0 Å². The summed E-state index contributed by atoms with van der Waals surface area (Å²) < 4.78 is 4.49. The molecule has 11 heavy (non-hydrogen) atoms. The van der Waals surface area contributed by atoms with E-state index < -0.39 is 0 Å². The number of carbonyl (C=O) groups excluding carboxylic acids is 1. The van der Waals surface area contributed by atoms with Crippen LogP contribution in [-0.4, -0.2) is 32.6 Å². The number of allylic oxidation sites excluding steroid dienone is 1. The summed E-state index contributed by atoms with van der Waals surface area (Å²) in [5.41, 5.74) is 1.10. The molecule has 0 unspecified atom stereocenters. The summed E-state index contributed by atoms with van der Waals surface area (Å²) in [5, 5.41) is 0. The summed E-state index contributed by atoms with van der Waals surface area (Å²) in [5.74, 6) is -0.251. The van der Waals surface area contributed by atoms with Gasteiger partial charge in [0, 0.05) is 6.08 Å². The highest BCUT2D eigenvalue weighted by atomic mass is 31.1. The van der Waals surface area contributed by atoms with Crippen molar-refractivity contribution in [2.24, 2.45) is 0 Å². The van der Waals surface area contributed by atoms with Crippen LogP contribution in [0.2, 0.25) is 0 Å². The van der Waals surface area contributed by atoms with Crippen LogP contribution in [0.25, 0.3) is 0 Å². The van der Waals surface area contributed by atoms with E-state index in [9.17, 15) is 4.79 Å². The predicted molar refractivity (Wildman–Crippen MR) is 49.4 cm³/mol. The molecule has 0 saturated heterocycles. The molecule has 0 aliphatic heterocycles. The summed E-state index contributed by atoms with van der Waals surface area (Å²) in [6, 6.07) is 0. The van der Waals surface area contributed by atoms with Gasteiger partial charge in [0.1, 0.15) is 0 Å². The van der Waals surface area contributed by atoms with Crippen molar-refractivity contribution in [2.45, 2.75) is 6.92 Å². The molecule has 0 saturated carbocycles. The summed E-state index contributed by atoms with van der Waals surface area (Å²) in [7, 11) is 1.44. The maximum Gasteiger partial charge on any atom is 0.330 e. The molecule has 3 heteroatoms. The number of rotatable bonds is 3. The molecule has 0 atom stereocenters. The highest BCUT2D eigenvalue weighted by Gasteiger charge is 1.98. The SMILES string of the molecule is COC(=O)/C=C(\C)CP(C)C. The zero-order valence-electron chi connectivity index (χ0n) is 7.55. The van der Waals surface area contributed by atoms with Crippen molar-refractivity contribution in [2.75, 3.05) is 26.6 Å². The molecule has 0 fully saturated rings. The van der Waals surface area contributed by atoms with Crippen molar-refractivity contribution in [3.8, 4) is 0 Å².